The molecule has 2 aromatic rings. The van der Waals surface area contributed by atoms with Crippen LogP contribution in [0.5, 0.6) is 0 Å². The number of carbonyl (C=O) groups is 1. The Labute approximate surface area is 166 Å². The molecular formula is C17H19ClN6O4. The van der Waals surface area contributed by atoms with Gasteiger partial charge in [-0.05, 0) is 12.1 Å². The molecule has 0 aliphatic carbocycles. The van der Waals surface area contributed by atoms with Crippen LogP contribution in [0, 0.1) is 5.21 Å². The minimum Gasteiger partial charge on any atom is -0.633 e. The maximum absolute atomic E-state index is 12.8. The van der Waals surface area contributed by atoms with E-state index in [1.165, 1.54) is 23.5 Å². The van der Waals surface area contributed by atoms with Crippen LogP contribution >= 0.6 is 11.6 Å². The number of anilines is 1. The van der Waals surface area contributed by atoms with Gasteiger partial charge in [-0.15, -0.1) is 0 Å². The summed E-state index contributed by atoms with van der Waals surface area (Å²) in [5.41, 5.74) is 0.608. The molecule has 1 amide bonds. The highest BCUT2D eigenvalue weighted by Crippen LogP contribution is 2.35. The third kappa shape index (κ3) is 3.83. The van der Waals surface area contributed by atoms with Crippen LogP contribution in [0.1, 0.15) is 22.4 Å². The van der Waals surface area contributed by atoms with E-state index in [4.69, 9.17) is 21.2 Å². The van der Waals surface area contributed by atoms with Crippen LogP contribution in [-0.2, 0) is 9.57 Å². The second-order valence-electron chi connectivity index (χ2n) is 6.74. The van der Waals surface area contributed by atoms with E-state index in [2.05, 4.69) is 15.0 Å². The van der Waals surface area contributed by atoms with Gasteiger partial charge in [-0.3, -0.25) is 19.5 Å². The zero-order valence-corrected chi connectivity index (χ0v) is 15.9. The molecule has 28 heavy (non-hydrogen) atoms. The molecule has 11 heteroatoms. The van der Waals surface area contributed by atoms with Crippen molar-refractivity contribution in [3.63, 3.8) is 0 Å². The van der Waals surface area contributed by atoms with E-state index in [-0.39, 0.29) is 23.0 Å². The number of amides is 1. The molecule has 148 valence electrons. The first-order valence-electron chi connectivity index (χ1n) is 8.76. The summed E-state index contributed by atoms with van der Waals surface area (Å²) in [7, 11) is 1.64. The SMILES string of the molecule is C[N+]1([O-])CCN(OCOC2c3nccnc3C(=O)N2c2ccc(Cl)cn2)CC1. The number of likely N-dealkylation sites (N-methyl/N-ethyl adjacent to an activating group) is 1. The fourth-order valence-electron chi connectivity index (χ4n) is 3.09. The van der Waals surface area contributed by atoms with Crippen molar-refractivity contribution in [2.24, 2.45) is 0 Å². The molecule has 2 aliphatic rings. The number of hydroxylamine groups is 5. The number of quaternary nitrogens is 1. The van der Waals surface area contributed by atoms with Crippen molar-refractivity contribution in [1.29, 1.82) is 0 Å². The maximum atomic E-state index is 12.8. The van der Waals surface area contributed by atoms with E-state index < -0.39 is 6.23 Å². The van der Waals surface area contributed by atoms with Gasteiger partial charge in [-0.1, -0.05) is 11.6 Å². The quantitative estimate of drug-likeness (QED) is 0.416. The fraction of sp³-hybridized carbons (Fsp3) is 0.412. The first-order chi connectivity index (χ1) is 13.4. The minimum atomic E-state index is -0.824. The van der Waals surface area contributed by atoms with Crippen molar-refractivity contribution in [3.8, 4) is 0 Å². The summed E-state index contributed by atoms with van der Waals surface area (Å²) in [6.07, 6.45) is 3.58. The van der Waals surface area contributed by atoms with Crippen molar-refractivity contribution in [1.82, 2.24) is 20.0 Å². The predicted octanol–water partition coefficient (Wildman–Crippen LogP) is 1.35. The largest absolute Gasteiger partial charge is 0.633 e. The summed E-state index contributed by atoms with van der Waals surface area (Å²) in [5.74, 6) is 0.0110. The Morgan fingerprint density at radius 1 is 1.25 bits per heavy atom. The van der Waals surface area contributed by atoms with E-state index in [1.54, 1.807) is 24.2 Å². The van der Waals surface area contributed by atoms with Crippen LogP contribution in [-0.4, -0.2) is 70.6 Å². The van der Waals surface area contributed by atoms with E-state index in [1.807, 2.05) is 0 Å². The van der Waals surface area contributed by atoms with Crippen LogP contribution in [0.15, 0.2) is 30.7 Å². The van der Waals surface area contributed by atoms with Gasteiger partial charge in [0.15, 0.2) is 18.7 Å². The first kappa shape index (κ1) is 19.1. The van der Waals surface area contributed by atoms with Gasteiger partial charge in [0, 0.05) is 18.6 Å². The standard InChI is InChI=1S/C17H19ClN6O4/c1-24(26)8-6-22(7-9-24)28-11-27-17-15-14(19-4-5-20-15)16(25)23(17)13-3-2-12(18)10-21-13/h2-5,10,17H,6-9,11H2,1H3. The van der Waals surface area contributed by atoms with Crippen LogP contribution < -0.4 is 4.90 Å². The molecule has 4 heterocycles. The molecule has 1 saturated heterocycles. The molecule has 1 fully saturated rings. The van der Waals surface area contributed by atoms with Crippen molar-refractivity contribution in [2.45, 2.75) is 6.23 Å². The van der Waals surface area contributed by atoms with Gasteiger partial charge in [-0.25, -0.2) is 9.97 Å². The van der Waals surface area contributed by atoms with Crippen molar-refractivity contribution < 1.29 is 19.0 Å². The average Bonchev–Trinajstić information content (AvgIpc) is 2.96. The van der Waals surface area contributed by atoms with Gasteiger partial charge < -0.3 is 14.6 Å². The molecule has 0 N–H and O–H groups in total. The molecule has 0 saturated carbocycles. The lowest BCUT2D eigenvalue weighted by Crippen LogP contribution is -2.53. The molecule has 2 aliphatic heterocycles. The number of rotatable bonds is 5. The van der Waals surface area contributed by atoms with E-state index in [9.17, 15) is 10.0 Å². The first-order valence-corrected chi connectivity index (χ1v) is 9.13. The Morgan fingerprint density at radius 3 is 2.71 bits per heavy atom. The summed E-state index contributed by atoms with van der Waals surface area (Å²) in [6.45, 7) is 1.78. The van der Waals surface area contributed by atoms with Gasteiger partial charge >= 0.3 is 0 Å². The highest BCUT2D eigenvalue weighted by atomic mass is 35.5. The van der Waals surface area contributed by atoms with E-state index in [0.29, 0.717) is 42.7 Å². The lowest BCUT2D eigenvalue weighted by Gasteiger charge is -2.44. The molecule has 0 radical (unpaired) electrons. The van der Waals surface area contributed by atoms with Gasteiger partial charge in [0.1, 0.15) is 11.5 Å². The predicted molar refractivity (Wildman–Crippen MR) is 98.7 cm³/mol. The molecular weight excluding hydrogens is 388 g/mol. The molecule has 0 spiro atoms. The topological polar surface area (TPSA) is 104 Å². The number of nitrogens with zero attached hydrogens (tertiary/aromatic N) is 6. The number of carbonyl (C=O) groups excluding carboxylic acids is 1. The molecule has 10 nitrogen and oxygen atoms in total. The number of aromatic nitrogens is 3. The Hall–Kier alpha value is -2.21. The smallest absolute Gasteiger partial charge is 0.282 e. The summed E-state index contributed by atoms with van der Waals surface area (Å²) < 4.78 is 5.55. The summed E-state index contributed by atoms with van der Waals surface area (Å²) >= 11 is 5.90. The molecule has 0 aromatic carbocycles. The monoisotopic (exact) mass is 406 g/mol. The fourth-order valence-corrected chi connectivity index (χ4v) is 3.21. The number of halogens is 1. The average molecular weight is 407 g/mol. The third-order valence-corrected chi connectivity index (χ3v) is 4.90. The Kier molecular flexibility index (Phi) is 5.23. The minimum absolute atomic E-state index is 0.110. The molecule has 0 bridgehead atoms. The summed E-state index contributed by atoms with van der Waals surface area (Å²) in [4.78, 5) is 32.4. The third-order valence-electron chi connectivity index (χ3n) is 4.68. The number of pyridine rings is 1. The second kappa shape index (κ2) is 7.66. The van der Waals surface area contributed by atoms with Crippen molar-refractivity contribution >= 4 is 23.3 Å². The lowest BCUT2D eigenvalue weighted by molar-refractivity contribution is -0.867. The van der Waals surface area contributed by atoms with Crippen molar-refractivity contribution in [3.05, 3.63) is 52.3 Å². The summed E-state index contributed by atoms with van der Waals surface area (Å²) in [6, 6.07) is 3.27. The zero-order chi connectivity index (χ0) is 19.7. The van der Waals surface area contributed by atoms with Gasteiger partial charge in [0.05, 0.1) is 38.2 Å². The number of hydrogen-bond donors (Lipinski definition) is 0. The van der Waals surface area contributed by atoms with E-state index >= 15 is 0 Å². The molecule has 4 rings (SSSR count). The molecule has 1 unspecified atom stereocenters. The number of hydrogen-bond acceptors (Lipinski definition) is 8. The normalized spacial score (nSPS) is 21.8. The highest BCUT2D eigenvalue weighted by Gasteiger charge is 2.42. The Morgan fingerprint density at radius 2 is 2.00 bits per heavy atom. The van der Waals surface area contributed by atoms with Gasteiger partial charge in [0.2, 0.25) is 0 Å². The summed E-state index contributed by atoms with van der Waals surface area (Å²) in [5, 5.41) is 14.0. The zero-order valence-electron chi connectivity index (χ0n) is 15.2. The van der Waals surface area contributed by atoms with Crippen molar-refractivity contribution in [2.75, 3.05) is 44.9 Å². The molecule has 2 aromatic heterocycles. The van der Waals surface area contributed by atoms with Crippen LogP contribution in [0.4, 0.5) is 5.82 Å². The number of ether oxygens (including phenoxy) is 1. The lowest BCUT2D eigenvalue weighted by atomic mass is 10.3. The van der Waals surface area contributed by atoms with Gasteiger partial charge in [0.25, 0.3) is 5.91 Å². The highest BCUT2D eigenvalue weighted by molar-refractivity contribution is 6.30. The second-order valence-corrected chi connectivity index (χ2v) is 7.18. The van der Waals surface area contributed by atoms with E-state index in [0.717, 1.165) is 0 Å². The van der Waals surface area contributed by atoms with Gasteiger partial charge in [-0.2, -0.15) is 5.06 Å². The van der Waals surface area contributed by atoms with Crippen LogP contribution in [0.3, 0.4) is 0 Å². The molecule has 1 atom stereocenters. The van der Waals surface area contributed by atoms with Crippen LogP contribution in [0.2, 0.25) is 5.02 Å². The number of piperazine rings is 1. The number of fused-ring (bicyclic) bond motifs is 1. The maximum Gasteiger partial charge on any atom is 0.282 e. The van der Waals surface area contributed by atoms with Crippen LogP contribution in [0.25, 0.3) is 0 Å². The Balaban J connectivity index is 1.48. The Bertz CT molecular complexity index is 855.